The van der Waals surface area contributed by atoms with Crippen LogP contribution >= 0.6 is 0 Å². The Kier molecular flexibility index (Phi) is 2.75. The molecule has 0 aliphatic rings. The van der Waals surface area contributed by atoms with Crippen LogP contribution in [0.3, 0.4) is 0 Å². The summed E-state index contributed by atoms with van der Waals surface area (Å²) in [4.78, 5) is 0. The Morgan fingerprint density at radius 2 is 1.33 bits per heavy atom. The second-order valence-corrected chi connectivity index (χ2v) is 1.47. The minimum absolute atomic E-state index is 0.328. The second kappa shape index (κ2) is 4.05. The summed E-state index contributed by atoms with van der Waals surface area (Å²) in [5, 5.41) is 25.7. The largest absolute Gasteiger partial charge is 0.283 e. The van der Waals surface area contributed by atoms with Crippen molar-refractivity contribution in [2.75, 3.05) is 0 Å². The number of tetrazole rings is 2. The zero-order valence-corrected chi connectivity index (χ0v) is 5.97. The zero-order valence-electron chi connectivity index (χ0n) is 5.97. The highest BCUT2D eigenvalue weighted by molar-refractivity contribution is 5.37. The number of quaternary nitrogens is 1. The second-order valence-electron chi connectivity index (χ2n) is 1.47. The summed E-state index contributed by atoms with van der Waals surface area (Å²) in [5.74, 6) is 7.66. The molecule has 0 aliphatic heterocycles. The van der Waals surface area contributed by atoms with Crippen LogP contribution in [0.4, 0.5) is 0 Å². The lowest BCUT2D eigenvalue weighted by atomic mass is 10.6. The highest BCUT2D eigenvalue weighted by Crippen LogP contribution is 1.99. The fraction of sp³-hybridized carbons (Fsp3) is 0. The number of H-pyrrole nitrogens is 2. The monoisotopic (exact) mass is 171 g/mol. The van der Waals surface area contributed by atoms with Gasteiger partial charge in [0.2, 0.25) is 11.6 Å². The Labute approximate surface area is 65.7 Å². The molecule has 0 fully saturated rings. The molecule has 0 aromatic carbocycles. The van der Waals surface area contributed by atoms with Crippen LogP contribution < -0.4 is 11.7 Å². The van der Waals surface area contributed by atoms with Crippen molar-refractivity contribution in [3.05, 3.63) is 0 Å². The van der Waals surface area contributed by atoms with Crippen LogP contribution in [0.25, 0.3) is 11.6 Å². The molecule has 2 rings (SSSR count). The summed E-state index contributed by atoms with van der Waals surface area (Å²) in [6.45, 7) is 0. The maximum atomic E-state index is 4.25. The number of nitrogens with zero attached hydrogens (tertiary/aromatic N) is 6. The number of aromatic amines is 2. The lowest BCUT2D eigenvalue weighted by molar-refractivity contribution is -0.379. The van der Waals surface area contributed by atoms with E-state index in [1.54, 1.807) is 0 Å². The van der Waals surface area contributed by atoms with Crippen molar-refractivity contribution in [3.63, 3.8) is 0 Å². The third-order valence-corrected chi connectivity index (χ3v) is 0.891. The van der Waals surface area contributed by atoms with Gasteiger partial charge in [0.25, 0.3) is 0 Å². The Balaban J connectivity index is 0.000000336. The molecule has 0 saturated carbocycles. The van der Waals surface area contributed by atoms with Crippen molar-refractivity contribution in [2.24, 2.45) is 5.84 Å². The number of rotatable bonds is 1. The van der Waals surface area contributed by atoms with Gasteiger partial charge in [-0.1, -0.05) is 0 Å². The smallest absolute Gasteiger partial charge is 0.245 e. The normalized spacial score (nSPS) is 8.83. The molecule has 0 aliphatic carbocycles. The third-order valence-electron chi connectivity index (χ3n) is 0.891. The van der Waals surface area contributed by atoms with Gasteiger partial charge in [-0.05, 0) is 10.4 Å². The van der Waals surface area contributed by atoms with Crippen LogP contribution in [-0.2, 0) is 0 Å². The van der Waals surface area contributed by atoms with Crippen LogP contribution in [0, 0.1) is 0 Å². The Morgan fingerprint density at radius 3 is 1.58 bits per heavy atom. The number of hydrogen-bond donors (Lipinski definition) is 4. The third kappa shape index (κ3) is 1.56. The van der Waals surface area contributed by atoms with Crippen LogP contribution in [0.2, 0.25) is 0 Å². The van der Waals surface area contributed by atoms with E-state index in [2.05, 4.69) is 52.9 Å². The molecule has 0 unspecified atom stereocenters. The van der Waals surface area contributed by atoms with Gasteiger partial charge in [0.15, 0.2) is 0 Å². The minimum atomic E-state index is 0.328. The molecule has 64 valence electrons. The first kappa shape index (κ1) is 8.16. The molecule has 7 N–H and O–H groups in total. The average Bonchev–Trinajstić information content (AvgIpc) is 2.80. The molecular weight excluding hydrogens is 164 g/mol. The predicted molar refractivity (Wildman–Crippen MR) is 34.4 cm³/mol. The molecule has 12 heavy (non-hydrogen) atoms. The van der Waals surface area contributed by atoms with Gasteiger partial charge >= 0.3 is 0 Å². The van der Waals surface area contributed by atoms with E-state index in [4.69, 9.17) is 0 Å². The van der Waals surface area contributed by atoms with E-state index in [9.17, 15) is 0 Å². The van der Waals surface area contributed by atoms with Crippen molar-refractivity contribution in [1.82, 2.24) is 41.2 Å². The molecule has 2 heterocycles. The van der Waals surface area contributed by atoms with Gasteiger partial charge in [0, 0.05) is 0 Å². The molecule has 0 atom stereocenters. The molecule has 0 saturated heterocycles. The van der Waals surface area contributed by atoms with Gasteiger partial charge in [0.1, 0.15) is 0 Å². The van der Waals surface area contributed by atoms with Crippen molar-refractivity contribution >= 4 is 0 Å². The van der Waals surface area contributed by atoms with E-state index in [0.29, 0.717) is 11.6 Å². The first-order chi connectivity index (χ1) is 5.97. The first-order valence-electron chi connectivity index (χ1n) is 2.85. The van der Waals surface area contributed by atoms with Crippen LogP contribution in [0.1, 0.15) is 0 Å². The Morgan fingerprint density at radius 1 is 0.917 bits per heavy atom. The Bertz CT molecular complexity index is 247. The molecule has 0 amide bonds. The van der Waals surface area contributed by atoms with Crippen molar-refractivity contribution < 1.29 is 5.84 Å². The van der Waals surface area contributed by atoms with Gasteiger partial charge in [0.05, 0.1) is 0 Å². The molecule has 0 spiro atoms. The molecule has 10 heteroatoms. The van der Waals surface area contributed by atoms with Crippen molar-refractivity contribution in [2.45, 2.75) is 0 Å². The Hall–Kier alpha value is -1.94. The average molecular weight is 171 g/mol. The maximum absolute atomic E-state index is 4.25. The lowest BCUT2D eigenvalue weighted by Gasteiger charge is -1.74. The topological polar surface area (TPSA) is 163 Å². The number of nitrogens with two attached hydrogens (primary N) is 1. The minimum Gasteiger partial charge on any atom is -0.283 e. The van der Waals surface area contributed by atoms with Gasteiger partial charge in [-0.25, -0.2) is 0 Å². The van der Waals surface area contributed by atoms with E-state index in [0.717, 1.165) is 0 Å². The van der Waals surface area contributed by atoms with E-state index in [1.807, 2.05) is 0 Å². The SMILES string of the molecule is N[NH3+].n1nc(-c2nn[nH]n2)n[nH]1. The quantitative estimate of drug-likeness (QED) is 0.255. The summed E-state index contributed by atoms with van der Waals surface area (Å²) in [6.07, 6.45) is 0. The van der Waals surface area contributed by atoms with Crippen molar-refractivity contribution in [3.8, 4) is 11.6 Å². The number of nitrogens with one attached hydrogen (secondary N) is 2. The predicted octanol–water partition coefficient (Wildman–Crippen LogP) is -3.52. The van der Waals surface area contributed by atoms with E-state index < -0.39 is 0 Å². The fourth-order valence-corrected chi connectivity index (χ4v) is 0.513. The number of hydrogen-bond acceptors (Lipinski definition) is 7. The summed E-state index contributed by atoms with van der Waals surface area (Å²) in [6, 6.07) is 0. The first-order valence-corrected chi connectivity index (χ1v) is 2.85. The number of aromatic nitrogens is 8. The summed E-state index contributed by atoms with van der Waals surface area (Å²) < 4.78 is 0. The van der Waals surface area contributed by atoms with Gasteiger partial charge in [-0.2, -0.15) is 16.3 Å². The van der Waals surface area contributed by atoms with Crippen LogP contribution in [0.5, 0.6) is 0 Å². The molecule has 10 nitrogen and oxygen atoms in total. The standard InChI is InChI=1S/C2H2N8.H4N2/c3-1(4-8-7-3)2-5-9-10-6-2;1-2/h(H,3,4,7,8)(H,5,6,9,10);1-2H2/p+1. The highest BCUT2D eigenvalue weighted by atomic mass is 15.5. The summed E-state index contributed by atoms with van der Waals surface area (Å²) in [7, 11) is 0. The lowest BCUT2D eigenvalue weighted by Crippen LogP contribution is -2.59. The van der Waals surface area contributed by atoms with Crippen LogP contribution in [0.15, 0.2) is 0 Å². The maximum Gasteiger partial charge on any atom is 0.245 e. The molecule has 2 aromatic heterocycles. The van der Waals surface area contributed by atoms with Gasteiger partial charge in [-0.15, -0.1) is 20.4 Å². The summed E-state index contributed by atoms with van der Waals surface area (Å²) >= 11 is 0. The highest BCUT2D eigenvalue weighted by Gasteiger charge is 2.05. The van der Waals surface area contributed by atoms with Crippen molar-refractivity contribution in [1.29, 1.82) is 0 Å². The van der Waals surface area contributed by atoms with E-state index in [-0.39, 0.29) is 0 Å². The molecule has 0 radical (unpaired) electrons. The fourth-order valence-electron chi connectivity index (χ4n) is 0.513. The summed E-state index contributed by atoms with van der Waals surface area (Å²) in [5.41, 5.74) is 0. The molecule has 2 aromatic rings. The van der Waals surface area contributed by atoms with Crippen LogP contribution in [-0.4, -0.2) is 41.2 Å². The van der Waals surface area contributed by atoms with Gasteiger partial charge < -0.3 is 0 Å². The van der Waals surface area contributed by atoms with Gasteiger partial charge in [-0.3, -0.25) is 5.84 Å². The molecule has 0 bridgehead atoms. The van der Waals surface area contributed by atoms with E-state index in [1.165, 1.54) is 0 Å². The molecular formula is C2H7N10+. The zero-order chi connectivity index (χ0) is 8.81. The van der Waals surface area contributed by atoms with E-state index >= 15 is 0 Å².